The van der Waals surface area contributed by atoms with E-state index in [2.05, 4.69) is 29.3 Å². The number of ether oxygens (including phenoxy) is 1. The predicted octanol–water partition coefficient (Wildman–Crippen LogP) is 3.86. The second kappa shape index (κ2) is 9.19. The summed E-state index contributed by atoms with van der Waals surface area (Å²) in [5.74, 6) is 0.820. The van der Waals surface area contributed by atoms with Gasteiger partial charge in [-0.3, -0.25) is 4.99 Å². The molecule has 0 aliphatic rings. The van der Waals surface area contributed by atoms with Crippen LogP contribution in [-0.4, -0.2) is 33.5 Å². The van der Waals surface area contributed by atoms with Gasteiger partial charge < -0.3 is 15.4 Å². The van der Waals surface area contributed by atoms with Crippen molar-refractivity contribution in [1.29, 1.82) is 0 Å². The smallest absolute Gasteiger partial charge is 0.121 e. The fraction of sp³-hybridized carbons (Fsp3) is 0.471. The van der Waals surface area contributed by atoms with Crippen LogP contribution in [0.5, 0.6) is 5.75 Å². The molecule has 0 amide bonds. The van der Waals surface area contributed by atoms with E-state index in [0.29, 0.717) is 6.04 Å². The monoisotopic (exact) mass is 289 g/mol. The third-order valence-electron chi connectivity index (χ3n) is 3.32. The molecule has 0 saturated heterocycles. The zero-order valence-electron chi connectivity index (χ0n) is 13.6. The topological polar surface area (TPSA) is 45.6 Å². The number of benzene rings is 1. The quantitative estimate of drug-likeness (QED) is 0.536. The van der Waals surface area contributed by atoms with Crippen molar-refractivity contribution in [3.8, 4) is 5.75 Å². The van der Waals surface area contributed by atoms with Gasteiger partial charge in [0.05, 0.1) is 18.5 Å². The molecule has 2 N–H and O–H groups in total. The number of allylic oxidation sites excluding steroid dienone is 1. The molecule has 0 aromatic heterocycles. The number of anilines is 1. The molecular formula is C17H27N3O. The highest BCUT2D eigenvalue weighted by atomic mass is 16.5. The molecule has 1 atom stereocenters. The molecule has 1 unspecified atom stereocenters. The highest BCUT2D eigenvalue weighted by Gasteiger charge is 2.11. The van der Waals surface area contributed by atoms with Crippen LogP contribution in [0.2, 0.25) is 0 Å². The SMILES string of the molecule is C=Nc1c(/C=C\C)cc(OC)cc1NC(C)CCCNC. The Labute approximate surface area is 128 Å². The lowest BCUT2D eigenvalue weighted by molar-refractivity contribution is 0.415. The van der Waals surface area contributed by atoms with Crippen molar-refractivity contribution in [3.05, 3.63) is 23.8 Å². The Morgan fingerprint density at radius 1 is 1.43 bits per heavy atom. The average molecular weight is 289 g/mol. The molecule has 0 fully saturated rings. The van der Waals surface area contributed by atoms with E-state index in [1.54, 1.807) is 7.11 Å². The molecule has 0 spiro atoms. The van der Waals surface area contributed by atoms with E-state index in [1.807, 2.05) is 38.3 Å². The minimum Gasteiger partial charge on any atom is -0.497 e. The number of hydrogen-bond acceptors (Lipinski definition) is 4. The van der Waals surface area contributed by atoms with Crippen LogP contribution in [0.15, 0.2) is 23.2 Å². The lowest BCUT2D eigenvalue weighted by Gasteiger charge is -2.19. The summed E-state index contributed by atoms with van der Waals surface area (Å²) in [4.78, 5) is 4.18. The average Bonchev–Trinajstić information content (AvgIpc) is 2.47. The zero-order valence-corrected chi connectivity index (χ0v) is 13.6. The van der Waals surface area contributed by atoms with Crippen LogP contribution in [0.1, 0.15) is 32.3 Å². The van der Waals surface area contributed by atoms with Crippen LogP contribution in [0.4, 0.5) is 11.4 Å². The Kier molecular flexibility index (Phi) is 7.54. The molecule has 0 saturated carbocycles. The summed E-state index contributed by atoms with van der Waals surface area (Å²) in [6, 6.07) is 4.32. The third kappa shape index (κ3) is 5.23. The first-order chi connectivity index (χ1) is 10.2. The van der Waals surface area contributed by atoms with Crippen LogP contribution >= 0.6 is 0 Å². The van der Waals surface area contributed by atoms with Crippen molar-refractivity contribution in [1.82, 2.24) is 5.32 Å². The third-order valence-corrected chi connectivity index (χ3v) is 3.32. The minimum atomic E-state index is 0.365. The minimum absolute atomic E-state index is 0.365. The van der Waals surface area contributed by atoms with E-state index in [1.165, 1.54) is 0 Å². The molecule has 1 rings (SSSR count). The van der Waals surface area contributed by atoms with Gasteiger partial charge in [-0.05, 0) is 53.1 Å². The summed E-state index contributed by atoms with van der Waals surface area (Å²) in [6.45, 7) is 8.89. The zero-order chi connectivity index (χ0) is 15.7. The number of nitrogens with zero attached hydrogens (tertiary/aromatic N) is 1. The lowest BCUT2D eigenvalue weighted by atomic mass is 10.1. The van der Waals surface area contributed by atoms with E-state index < -0.39 is 0 Å². The van der Waals surface area contributed by atoms with Gasteiger partial charge >= 0.3 is 0 Å². The Hall–Kier alpha value is -1.81. The van der Waals surface area contributed by atoms with Gasteiger partial charge in [0.15, 0.2) is 0 Å². The highest BCUT2D eigenvalue weighted by Crippen LogP contribution is 2.35. The first-order valence-electron chi connectivity index (χ1n) is 7.38. The molecule has 0 bridgehead atoms. The van der Waals surface area contributed by atoms with Gasteiger partial charge in [-0.15, -0.1) is 0 Å². The van der Waals surface area contributed by atoms with Crippen LogP contribution in [0.25, 0.3) is 6.08 Å². The standard InChI is InChI=1S/C17H27N3O/c1-6-8-14-11-15(21-5)12-16(17(14)19-4)20-13(2)9-7-10-18-3/h6,8,11-13,18,20H,4,7,9-10H2,1-3,5H3/b8-6-. The summed E-state index contributed by atoms with van der Waals surface area (Å²) >= 11 is 0. The second-order valence-corrected chi connectivity index (χ2v) is 5.06. The number of nitrogens with one attached hydrogen (secondary N) is 2. The van der Waals surface area contributed by atoms with Gasteiger partial charge in [0.1, 0.15) is 5.75 Å². The number of hydrogen-bond donors (Lipinski definition) is 2. The van der Waals surface area contributed by atoms with Crippen LogP contribution in [0, 0.1) is 0 Å². The number of rotatable bonds is 9. The summed E-state index contributed by atoms with van der Waals surface area (Å²) in [5.41, 5.74) is 2.85. The van der Waals surface area contributed by atoms with E-state index >= 15 is 0 Å². The Balaban J connectivity index is 2.98. The molecule has 4 nitrogen and oxygen atoms in total. The predicted molar refractivity (Wildman–Crippen MR) is 93.2 cm³/mol. The van der Waals surface area contributed by atoms with Crippen molar-refractivity contribution in [2.75, 3.05) is 26.0 Å². The Morgan fingerprint density at radius 2 is 2.19 bits per heavy atom. The molecule has 0 aliphatic carbocycles. The maximum atomic E-state index is 5.38. The first kappa shape index (κ1) is 17.2. The van der Waals surface area contributed by atoms with E-state index in [9.17, 15) is 0 Å². The Bertz CT molecular complexity index is 483. The molecule has 116 valence electrons. The van der Waals surface area contributed by atoms with E-state index in [-0.39, 0.29) is 0 Å². The van der Waals surface area contributed by atoms with Crippen LogP contribution in [0.3, 0.4) is 0 Å². The molecular weight excluding hydrogens is 262 g/mol. The first-order valence-corrected chi connectivity index (χ1v) is 7.38. The van der Waals surface area contributed by atoms with Gasteiger partial charge in [0.25, 0.3) is 0 Å². The largest absolute Gasteiger partial charge is 0.497 e. The van der Waals surface area contributed by atoms with E-state index in [0.717, 1.165) is 42.1 Å². The summed E-state index contributed by atoms with van der Waals surface area (Å²) in [6.07, 6.45) is 6.23. The molecule has 0 radical (unpaired) electrons. The Morgan fingerprint density at radius 3 is 2.76 bits per heavy atom. The molecule has 1 aromatic carbocycles. The molecule has 0 heterocycles. The van der Waals surface area contributed by atoms with Crippen LogP contribution in [-0.2, 0) is 0 Å². The number of methoxy groups -OCH3 is 1. The van der Waals surface area contributed by atoms with Crippen molar-refractivity contribution < 1.29 is 4.74 Å². The maximum Gasteiger partial charge on any atom is 0.121 e. The second-order valence-electron chi connectivity index (χ2n) is 5.06. The highest BCUT2D eigenvalue weighted by molar-refractivity contribution is 5.80. The van der Waals surface area contributed by atoms with E-state index in [4.69, 9.17) is 4.74 Å². The fourth-order valence-corrected chi connectivity index (χ4v) is 2.26. The van der Waals surface area contributed by atoms with Gasteiger partial charge in [0.2, 0.25) is 0 Å². The van der Waals surface area contributed by atoms with Gasteiger partial charge in [-0.1, -0.05) is 12.2 Å². The van der Waals surface area contributed by atoms with Crippen molar-refractivity contribution >= 4 is 24.2 Å². The molecule has 1 aromatic rings. The maximum absolute atomic E-state index is 5.38. The normalized spacial score (nSPS) is 12.4. The van der Waals surface area contributed by atoms with Gasteiger partial charge in [0, 0.05) is 17.7 Å². The summed E-state index contributed by atoms with van der Waals surface area (Å²) in [7, 11) is 3.65. The van der Waals surface area contributed by atoms with Gasteiger partial charge in [-0.25, -0.2) is 0 Å². The van der Waals surface area contributed by atoms with Crippen molar-refractivity contribution in [3.63, 3.8) is 0 Å². The van der Waals surface area contributed by atoms with Crippen molar-refractivity contribution in [2.45, 2.75) is 32.7 Å². The summed E-state index contributed by atoms with van der Waals surface area (Å²) < 4.78 is 5.38. The molecule has 21 heavy (non-hydrogen) atoms. The number of aliphatic imine (C=N–C) groups is 1. The lowest BCUT2D eigenvalue weighted by Crippen LogP contribution is -2.18. The van der Waals surface area contributed by atoms with Crippen molar-refractivity contribution in [2.24, 2.45) is 4.99 Å². The molecule has 4 heteroatoms. The van der Waals surface area contributed by atoms with Crippen LogP contribution < -0.4 is 15.4 Å². The fourth-order valence-electron chi connectivity index (χ4n) is 2.26. The molecule has 0 aliphatic heterocycles. The van der Waals surface area contributed by atoms with Gasteiger partial charge in [-0.2, -0.15) is 0 Å². The summed E-state index contributed by atoms with van der Waals surface area (Å²) in [5, 5.41) is 6.69.